The second kappa shape index (κ2) is 14.3. The van der Waals surface area contributed by atoms with Crippen molar-refractivity contribution in [3.63, 3.8) is 0 Å². The summed E-state index contributed by atoms with van der Waals surface area (Å²) in [5.41, 5.74) is 5.39. The molecular weight excluding hydrogens is 800 g/mol. The molecule has 0 amide bonds. The van der Waals surface area contributed by atoms with Crippen molar-refractivity contribution in [1.82, 2.24) is 0 Å². The molecule has 2 heterocycles. The van der Waals surface area contributed by atoms with E-state index in [1.165, 1.54) is 0 Å². The number of hydrogen-bond acceptors (Lipinski definition) is 4. The Kier molecular flexibility index (Phi) is 9.04. The average molecular weight is 833 g/mol. The number of halogens is 2. The molecule has 262 valence electrons. The van der Waals surface area contributed by atoms with Crippen LogP contribution >= 0.6 is 31.9 Å². The first-order chi connectivity index (χ1) is 26.5. The SMILES string of the molecule is Brc1ccc(N2OC(c3ccccc3)(c3ccccc3)C2=Nc2ccc(N=C3N(c4ccc(Br)cc4)OC3(c3ccccc3)c3ccccc3)cc2)cc1. The first kappa shape index (κ1) is 34.1. The highest BCUT2D eigenvalue weighted by Gasteiger charge is 2.57. The van der Waals surface area contributed by atoms with Crippen LogP contribution in [0, 0.1) is 0 Å². The van der Waals surface area contributed by atoms with Crippen LogP contribution in [0.1, 0.15) is 22.3 Å². The molecule has 7 aromatic carbocycles. The Labute approximate surface area is 330 Å². The van der Waals surface area contributed by atoms with E-state index in [0.717, 1.165) is 65.6 Å². The normalized spacial score (nSPS) is 17.2. The van der Waals surface area contributed by atoms with Crippen molar-refractivity contribution >= 4 is 66.3 Å². The summed E-state index contributed by atoms with van der Waals surface area (Å²) in [6.45, 7) is 0. The summed E-state index contributed by atoms with van der Waals surface area (Å²) in [7, 11) is 0. The molecule has 2 fully saturated rings. The summed E-state index contributed by atoms with van der Waals surface area (Å²) in [5, 5.41) is 3.63. The van der Waals surface area contributed by atoms with Gasteiger partial charge in [-0.1, -0.05) is 153 Å². The van der Waals surface area contributed by atoms with E-state index in [1.54, 1.807) is 0 Å². The molecule has 7 aromatic rings. The fraction of sp³-hybridized carbons (Fsp3) is 0.0435. The lowest BCUT2D eigenvalue weighted by molar-refractivity contribution is -0.0224. The van der Waals surface area contributed by atoms with Crippen molar-refractivity contribution in [3.05, 3.63) is 225 Å². The second-order valence-corrected chi connectivity index (χ2v) is 14.8. The Bertz CT molecular complexity index is 2190. The summed E-state index contributed by atoms with van der Waals surface area (Å²) in [6, 6.07) is 65.1. The van der Waals surface area contributed by atoms with Crippen molar-refractivity contribution in [1.29, 1.82) is 0 Å². The van der Waals surface area contributed by atoms with Gasteiger partial charge in [-0.2, -0.15) is 0 Å². The number of benzene rings is 7. The minimum atomic E-state index is -0.923. The van der Waals surface area contributed by atoms with Gasteiger partial charge in [0, 0.05) is 8.95 Å². The van der Waals surface area contributed by atoms with Crippen LogP contribution in [-0.4, -0.2) is 11.7 Å². The number of hydrogen-bond donors (Lipinski definition) is 0. The molecule has 0 N–H and O–H groups in total. The zero-order chi connectivity index (χ0) is 36.5. The molecule has 0 spiro atoms. The third kappa shape index (κ3) is 5.97. The standard InChI is InChI=1S/C46H32Br2N4O2/c47-37-21-29-41(30-22-37)51-43(45(53-51,33-13-5-1-6-14-33)34-15-7-2-8-16-34)49-39-25-27-40(28-26-39)50-44-46(35-17-9-3-10-18-35,36-19-11-4-12-20-36)54-52(44)42-31-23-38(48)24-32-42/h1-32H. The molecule has 2 aliphatic heterocycles. The van der Waals surface area contributed by atoms with Gasteiger partial charge in [0.15, 0.2) is 11.7 Å². The minimum absolute atomic E-state index is 0.752. The van der Waals surface area contributed by atoms with Crippen LogP contribution in [0.5, 0.6) is 0 Å². The molecule has 54 heavy (non-hydrogen) atoms. The molecule has 0 aromatic heterocycles. The van der Waals surface area contributed by atoms with E-state index in [9.17, 15) is 0 Å². The fourth-order valence-electron chi connectivity index (χ4n) is 7.00. The van der Waals surface area contributed by atoms with Crippen LogP contribution in [0.2, 0.25) is 0 Å². The van der Waals surface area contributed by atoms with Crippen LogP contribution in [0.4, 0.5) is 22.7 Å². The van der Waals surface area contributed by atoms with Gasteiger partial charge in [-0.25, -0.2) is 29.8 Å². The van der Waals surface area contributed by atoms with Crippen molar-refractivity contribution < 1.29 is 9.68 Å². The average Bonchev–Trinajstić information content (AvgIpc) is 3.22. The Balaban J connectivity index is 1.15. The highest BCUT2D eigenvalue weighted by Crippen LogP contribution is 2.49. The Hall–Kier alpha value is -5.64. The van der Waals surface area contributed by atoms with Gasteiger partial charge in [0.2, 0.25) is 11.2 Å². The zero-order valence-corrected chi connectivity index (χ0v) is 32.0. The number of anilines is 2. The van der Waals surface area contributed by atoms with E-state index >= 15 is 0 Å². The predicted octanol–water partition coefficient (Wildman–Crippen LogP) is 12.1. The highest BCUT2D eigenvalue weighted by molar-refractivity contribution is 9.10. The molecule has 6 nitrogen and oxygen atoms in total. The maximum absolute atomic E-state index is 6.82. The number of nitrogens with zero attached hydrogens (tertiary/aromatic N) is 4. The van der Waals surface area contributed by atoms with Crippen molar-refractivity contribution in [3.8, 4) is 0 Å². The fourth-order valence-corrected chi connectivity index (χ4v) is 7.53. The number of rotatable bonds is 8. The largest absolute Gasteiger partial charge is 0.243 e. The maximum Gasteiger partial charge on any atom is 0.206 e. The summed E-state index contributed by atoms with van der Waals surface area (Å²) < 4.78 is 1.97. The monoisotopic (exact) mass is 830 g/mol. The van der Waals surface area contributed by atoms with Gasteiger partial charge in [-0.15, -0.1) is 0 Å². The van der Waals surface area contributed by atoms with Gasteiger partial charge in [-0.3, -0.25) is 0 Å². The molecule has 0 saturated carbocycles. The third-order valence-corrected chi connectivity index (χ3v) is 10.7. The molecule has 0 aliphatic carbocycles. The lowest BCUT2D eigenvalue weighted by atomic mass is 9.82. The van der Waals surface area contributed by atoms with Crippen LogP contribution in [0.15, 0.2) is 213 Å². The van der Waals surface area contributed by atoms with Crippen molar-refractivity contribution in [2.75, 3.05) is 10.1 Å². The Morgan fingerprint density at radius 3 is 0.907 bits per heavy atom. The molecule has 2 aliphatic rings. The van der Waals surface area contributed by atoms with E-state index in [4.69, 9.17) is 19.7 Å². The number of aliphatic imine (C=N–C) groups is 2. The van der Waals surface area contributed by atoms with Gasteiger partial charge in [0.05, 0.1) is 22.7 Å². The summed E-state index contributed by atoms with van der Waals surface area (Å²) >= 11 is 7.14. The quantitative estimate of drug-likeness (QED) is 0.153. The van der Waals surface area contributed by atoms with E-state index in [2.05, 4.69) is 80.4 Å². The lowest BCUT2D eigenvalue weighted by Crippen LogP contribution is -2.63. The molecule has 2 saturated heterocycles. The van der Waals surface area contributed by atoms with Gasteiger partial charge >= 0.3 is 0 Å². The van der Waals surface area contributed by atoms with Gasteiger partial charge in [-0.05, 0) is 95.1 Å². The Morgan fingerprint density at radius 2 is 0.630 bits per heavy atom. The maximum atomic E-state index is 6.82. The molecular formula is C46H32Br2N4O2. The summed E-state index contributed by atoms with van der Waals surface area (Å²) in [6.07, 6.45) is 0. The van der Waals surface area contributed by atoms with Gasteiger partial charge in [0.1, 0.15) is 0 Å². The first-order valence-corrected chi connectivity index (χ1v) is 19.1. The third-order valence-electron chi connectivity index (χ3n) is 9.63. The molecule has 9 rings (SSSR count). The zero-order valence-electron chi connectivity index (χ0n) is 28.8. The molecule has 0 unspecified atom stereocenters. The van der Waals surface area contributed by atoms with Crippen LogP contribution in [0.25, 0.3) is 0 Å². The first-order valence-electron chi connectivity index (χ1n) is 17.5. The van der Waals surface area contributed by atoms with Crippen LogP contribution < -0.4 is 10.1 Å². The lowest BCUT2D eigenvalue weighted by Gasteiger charge is -2.51. The van der Waals surface area contributed by atoms with Crippen LogP contribution in [-0.2, 0) is 20.9 Å². The second-order valence-electron chi connectivity index (χ2n) is 12.9. The van der Waals surface area contributed by atoms with Crippen LogP contribution in [0.3, 0.4) is 0 Å². The summed E-state index contributed by atoms with van der Waals surface area (Å²) in [5.74, 6) is 1.50. The molecule has 0 atom stereocenters. The Morgan fingerprint density at radius 1 is 0.352 bits per heavy atom. The van der Waals surface area contributed by atoms with E-state index < -0.39 is 11.2 Å². The summed E-state index contributed by atoms with van der Waals surface area (Å²) in [4.78, 5) is 24.3. The highest BCUT2D eigenvalue weighted by atomic mass is 79.9. The number of hydroxylamine groups is 2. The number of amidine groups is 2. The van der Waals surface area contributed by atoms with Gasteiger partial charge < -0.3 is 0 Å². The topological polar surface area (TPSA) is 49.7 Å². The molecule has 8 heteroatoms. The predicted molar refractivity (Wildman–Crippen MR) is 223 cm³/mol. The van der Waals surface area contributed by atoms with E-state index in [0.29, 0.717) is 0 Å². The van der Waals surface area contributed by atoms with Gasteiger partial charge in [0.25, 0.3) is 0 Å². The minimum Gasteiger partial charge on any atom is -0.243 e. The van der Waals surface area contributed by atoms with Crippen molar-refractivity contribution in [2.45, 2.75) is 11.2 Å². The van der Waals surface area contributed by atoms with E-state index in [-0.39, 0.29) is 0 Å². The molecule has 0 radical (unpaired) electrons. The molecule has 0 bridgehead atoms. The van der Waals surface area contributed by atoms with Crippen molar-refractivity contribution in [2.24, 2.45) is 9.98 Å². The van der Waals surface area contributed by atoms with E-state index in [1.807, 2.05) is 156 Å². The smallest absolute Gasteiger partial charge is 0.206 e.